The Labute approximate surface area is 188 Å². The van der Waals surface area contributed by atoms with E-state index in [1.54, 1.807) is 49.4 Å². The first-order valence-electron chi connectivity index (χ1n) is 10.5. The van der Waals surface area contributed by atoms with Crippen molar-refractivity contribution in [2.75, 3.05) is 6.61 Å². The molecule has 0 aromatic heterocycles. The van der Waals surface area contributed by atoms with Gasteiger partial charge < -0.3 is 15.0 Å². The van der Waals surface area contributed by atoms with Gasteiger partial charge in [-0.1, -0.05) is 36.7 Å². The summed E-state index contributed by atoms with van der Waals surface area (Å²) in [6, 6.07) is 12.5. The average Bonchev–Trinajstić information content (AvgIpc) is 2.76. The molecule has 168 valence electrons. The summed E-state index contributed by atoms with van der Waals surface area (Å²) in [4.78, 5) is 27.0. The van der Waals surface area contributed by atoms with E-state index >= 15 is 0 Å². The summed E-state index contributed by atoms with van der Waals surface area (Å²) < 4.78 is 19.8. The maximum atomic E-state index is 14.2. The van der Waals surface area contributed by atoms with E-state index in [1.807, 2.05) is 13.8 Å². The molecule has 31 heavy (non-hydrogen) atoms. The summed E-state index contributed by atoms with van der Waals surface area (Å²) in [7, 11) is 0. The van der Waals surface area contributed by atoms with Gasteiger partial charge in [-0.05, 0) is 57.0 Å². The number of hydrogen-bond acceptors (Lipinski definition) is 3. The summed E-state index contributed by atoms with van der Waals surface area (Å²) in [5.41, 5.74) is 0.372. The van der Waals surface area contributed by atoms with E-state index in [-0.39, 0.29) is 30.8 Å². The molecule has 2 aromatic rings. The lowest BCUT2D eigenvalue weighted by atomic mass is 10.1. The number of halogens is 2. The molecule has 2 rings (SSSR count). The number of amides is 2. The fourth-order valence-electron chi connectivity index (χ4n) is 2.95. The number of carbonyl (C=O) groups is 2. The fourth-order valence-corrected chi connectivity index (χ4v) is 3.07. The Kier molecular flexibility index (Phi) is 9.79. The second-order valence-corrected chi connectivity index (χ2v) is 7.95. The molecule has 0 aliphatic rings. The monoisotopic (exact) mass is 448 g/mol. The van der Waals surface area contributed by atoms with Crippen molar-refractivity contribution in [1.82, 2.24) is 10.2 Å². The van der Waals surface area contributed by atoms with E-state index < -0.39 is 11.9 Å². The zero-order valence-corrected chi connectivity index (χ0v) is 19.0. The van der Waals surface area contributed by atoms with Crippen molar-refractivity contribution in [3.05, 3.63) is 64.9 Å². The Morgan fingerprint density at radius 2 is 1.81 bits per heavy atom. The van der Waals surface area contributed by atoms with E-state index in [0.29, 0.717) is 29.4 Å². The minimum atomic E-state index is -0.724. The van der Waals surface area contributed by atoms with Crippen LogP contribution in [0.4, 0.5) is 4.39 Å². The van der Waals surface area contributed by atoms with Crippen molar-refractivity contribution in [3.63, 3.8) is 0 Å². The molecule has 0 unspecified atom stereocenters. The quantitative estimate of drug-likeness (QED) is 0.494. The van der Waals surface area contributed by atoms with Gasteiger partial charge in [0.25, 0.3) is 0 Å². The largest absolute Gasteiger partial charge is 0.494 e. The maximum absolute atomic E-state index is 14.2. The third-order valence-electron chi connectivity index (χ3n) is 5.08. The first-order chi connectivity index (χ1) is 14.8. The van der Waals surface area contributed by atoms with Crippen LogP contribution < -0.4 is 10.1 Å². The van der Waals surface area contributed by atoms with Crippen molar-refractivity contribution in [2.45, 2.75) is 58.7 Å². The molecule has 0 radical (unpaired) electrons. The van der Waals surface area contributed by atoms with Crippen LogP contribution in [0.15, 0.2) is 48.5 Å². The van der Waals surface area contributed by atoms with Crippen LogP contribution in [-0.4, -0.2) is 35.4 Å². The predicted molar refractivity (Wildman–Crippen MR) is 120 cm³/mol. The van der Waals surface area contributed by atoms with Crippen LogP contribution in [0, 0.1) is 5.82 Å². The Morgan fingerprint density at radius 3 is 2.45 bits per heavy atom. The number of carbonyl (C=O) groups excluding carboxylic acids is 2. The molecule has 0 saturated carbocycles. The first-order valence-corrected chi connectivity index (χ1v) is 10.9. The third-order valence-corrected chi connectivity index (χ3v) is 5.34. The van der Waals surface area contributed by atoms with E-state index in [0.717, 1.165) is 6.42 Å². The highest BCUT2D eigenvalue weighted by molar-refractivity contribution is 6.30. The second kappa shape index (κ2) is 12.3. The lowest BCUT2D eigenvalue weighted by Gasteiger charge is -2.30. The normalized spacial score (nSPS) is 12.7. The minimum absolute atomic E-state index is 0.00635. The zero-order valence-electron chi connectivity index (χ0n) is 18.2. The van der Waals surface area contributed by atoms with Crippen molar-refractivity contribution in [2.24, 2.45) is 0 Å². The molecule has 1 N–H and O–H groups in total. The molecule has 5 nitrogen and oxygen atoms in total. The van der Waals surface area contributed by atoms with Crippen molar-refractivity contribution < 1.29 is 18.7 Å². The van der Waals surface area contributed by atoms with Gasteiger partial charge in [0.05, 0.1) is 6.61 Å². The maximum Gasteiger partial charge on any atom is 0.242 e. The fraction of sp³-hybridized carbons (Fsp3) is 0.417. The van der Waals surface area contributed by atoms with Gasteiger partial charge in [-0.25, -0.2) is 4.39 Å². The van der Waals surface area contributed by atoms with Gasteiger partial charge in [-0.3, -0.25) is 9.59 Å². The number of nitrogens with zero attached hydrogens (tertiary/aromatic N) is 1. The Bertz CT molecular complexity index is 860. The molecule has 2 atom stereocenters. The van der Waals surface area contributed by atoms with Crippen molar-refractivity contribution >= 4 is 23.4 Å². The Morgan fingerprint density at radius 1 is 1.13 bits per heavy atom. The molecule has 0 fully saturated rings. The highest BCUT2D eigenvalue weighted by Crippen LogP contribution is 2.17. The zero-order chi connectivity index (χ0) is 22.8. The number of rotatable bonds is 11. The van der Waals surface area contributed by atoms with Crippen LogP contribution in [0.3, 0.4) is 0 Å². The Balaban J connectivity index is 2.01. The van der Waals surface area contributed by atoms with E-state index in [1.165, 1.54) is 11.0 Å². The number of benzene rings is 2. The van der Waals surface area contributed by atoms with Crippen LogP contribution in [-0.2, 0) is 16.1 Å². The highest BCUT2D eigenvalue weighted by Gasteiger charge is 2.27. The summed E-state index contributed by atoms with van der Waals surface area (Å²) in [6.45, 7) is 5.91. The molecule has 0 aliphatic heterocycles. The lowest BCUT2D eigenvalue weighted by molar-refractivity contribution is -0.141. The molecule has 0 saturated heterocycles. The molecule has 0 heterocycles. The van der Waals surface area contributed by atoms with Gasteiger partial charge in [-0.15, -0.1) is 0 Å². The Hall–Kier alpha value is -2.60. The van der Waals surface area contributed by atoms with Crippen LogP contribution in [0.1, 0.15) is 45.6 Å². The summed E-state index contributed by atoms with van der Waals surface area (Å²) >= 11 is 5.86. The van der Waals surface area contributed by atoms with Crippen molar-refractivity contribution in [1.29, 1.82) is 0 Å². The third kappa shape index (κ3) is 7.87. The summed E-state index contributed by atoms with van der Waals surface area (Å²) in [5, 5.41) is 3.52. The van der Waals surface area contributed by atoms with Gasteiger partial charge in [0.15, 0.2) is 0 Å². The number of hydrogen-bond donors (Lipinski definition) is 1. The van der Waals surface area contributed by atoms with Gasteiger partial charge in [0.1, 0.15) is 17.6 Å². The van der Waals surface area contributed by atoms with Crippen LogP contribution >= 0.6 is 11.6 Å². The number of nitrogens with one attached hydrogen (secondary N) is 1. The number of ether oxygens (including phenoxy) is 1. The average molecular weight is 449 g/mol. The molecule has 0 bridgehead atoms. The molecular formula is C24H30ClFN2O3. The summed E-state index contributed by atoms with van der Waals surface area (Å²) in [6.07, 6.45) is 1.43. The molecule has 2 amide bonds. The van der Waals surface area contributed by atoms with Gasteiger partial charge in [0.2, 0.25) is 11.8 Å². The molecular weight excluding hydrogens is 419 g/mol. The standard InChI is InChI=1S/C24H30ClFN2O3/c1-4-17(2)27-24(30)18(3)28(16-19-8-5-6-9-22(19)26)23(29)10-7-15-31-21-13-11-20(25)12-14-21/h5-6,8-9,11-14,17-18H,4,7,10,15-16H2,1-3H3,(H,27,30)/t17-,18-/m0/s1. The molecule has 7 heteroatoms. The highest BCUT2D eigenvalue weighted by atomic mass is 35.5. The van der Waals surface area contributed by atoms with Gasteiger partial charge in [0, 0.05) is 29.6 Å². The van der Waals surface area contributed by atoms with Crippen LogP contribution in [0.25, 0.3) is 0 Å². The van der Waals surface area contributed by atoms with Crippen molar-refractivity contribution in [3.8, 4) is 5.75 Å². The SMILES string of the molecule is CC[C@H](C)NC(=O)[C@H](C)N(Cc1ccccc1F)C(=O)CCCOc1ccc(Cl)cc1. The van der Waals surface area contributed by atoms with E-state index in [4.69, 9.17) is 16.3 Å². The van der Waals surface area contributed by atoms with E-state index in [2.05, 4.69) is 5.32 Å². The first kappa shape index (κ1) is 24.7. The van der Waals surface area contributed by atoms with Gasteiger partial charge in [-0.2, -0.15) is 0 Å². The van der Waals surface area contributed by atoms with Crippen LogP contribution in [0.5, 0.6) is 5.75 Å². The molecule has 0 aliphatic carbocycles. The smallest absolute Gasteiger partial charge is 0.242 e. The van der Waals surface area contributed by atoms with Crippen LogP contribution in [0.2, 0.25) is 5.02 Å². The minimum Gasteiger partial charge on any atom is -0.494 e. The predicted octanol–water partition coefficient (Wildman–Crippen LogP) is 4.97. The second-order valence-electron chi connectivity index (χ2n) is 7.51. The van der Waals surface area contributed by atoms with Gasteiger partial charge >= 0.3 is 0 Å². The molecule has 0 spiro atoms. The molecule has 2 aromatic carbocycles. The van der Waals surface area contributed by atoms with E-state index in [9.17, 15) is 14.0 Å². The summed E-state index contributed by atoms with van der Waals surface area (Å²) in [5.74, 6) is -0.214. The lowest BCUT2D eigenvalue weighted by Crippen LogP contribution is -2.49. The topological polar surface area (TPSA) is 58.6 Å².